The summed E-state index contributed by atoms with van der Waals surface area (Å²) in [4.78, 5) is 0. The summed E-state index contributed by atoms with van der Waals surface area (Å²) in [5, 5.41) is 14.5. The maximum Gasteiger partial charge on any atom is 0.160 e. The lowest BCUT2D eigenvalue weighted by atomic mass is 10.0. The van der Waals surface area contributed by atoms with Crippen LogP contribution in [-0.4, -0.2) is 4.57 Å². The molecule has 0 bridgehead atoms. The zero-order valence-electron chi connectivity index (χ0n) is 24.2. The second-order valence-electron chi connectivity index (χ2n) is 11.8. The molecule has 214 valence electrons. The maximum absolute atomic E-state index is 6.56. The van der Waals surface area contributed by atoms with Crippen molar-refractivity contribution in [2.75, 3.05) is 0 Å². The van der Waals surface area contributed by atoms with Gasteiger partial charge < -0.3 is 18.7 Å². The monoisotopic (exact) mass is 581 g/mol. The van der Waals surface area contributed by atoms with Gasteiger partial charge in [0.1, 0.15) is 22.3 Å². The molecule has 0 amide bonds. The van der Waals surface area contributed by atoms with E-state index in [2.05, 4.69) is 137 Å². The molecular weight excluding hydrogens is 554 g/mol. The number of rotatable bonds is 3. The van der Waals surface area contributed by atoms with Crippen molar-refractivity contribution in [1.29, 1.82) is 0 Å². The van der Waals surface area contributed by atoms with E-state index >= 15 is 0 Å². The van der Waals surface area contributed by atoms with E-state index in [1.54, 1.807) is 0 Å². The van der Waals surface area contributed by atoms with Gasteiger partial charge >= 0.3 is 0 Å². The van der Waals surface area contributed by atoms with Crippen LogP contribution in [0.1, 0.15) is 23.5 Å². The fourth-order valence-corrected chi connectivity index (χ4v) is 7.18. The number of nitrogens with zero attached hydrogens (tertiary/aromatic N) is 1. The Labute approximate surface area is 258 Å². The molecule has 2 atom stereocenters. The number of hydrogen-bond acceptors (Lipinski definition) is 4. The molecule has 1 aliphatic rings. The molecule has 10 rings (SSSR count). The van der Waals surface area contributed by atoms with Gasteiger partial charge in [-0.3, -0.25) is 5.32 Å². The first kappa shape index (κ1) is 24.6. The fraction of sp³-hybridized carbons (Fsp3) is 0.0500. The molecule has 0 saturated carbocycles. The molecule has 0 radical (unpaired) electrons. The van der Waals surface area contributed by atoms with Crippen molar-refractivity contribution in [3.63, 3.8) is 0 Å². The molecule has 2 unspecified atom stereocenters. The summed E-state index contributed by atoms with van der Waals surface area (Å²) in [5.74, 6) is 0. The fourth-order valence-electron chi connectivity index (χ4n) is 7.18. The SMILES string of the molecule is C1=C(c2ccccc2)NC(n2c3ccccc3c3cc4c(cc32)oc2cc3oc5ccccc5c3cc24)NC1c1ccccc1. The Morgan fingerprint density at radius 3 is 1.93 bits per heavy atom. The summed E-state index contributed by atoms with van der Waals surface area (Å²) in [6.45, 7) is 0. The number of furan rings is 2. The van der Waals surface area contributed by atoms with Crippen LogP contribution in [0.3, 0.4) is 0 Å². The number of hydrogen-bond donors (Lipinski definition) is 2. The van der Waals surface area contributed by atoms with Crippen molar-refractivity contribution < 1.29 is 8.83 Å². The third-order valence-corrected chi connectivity index (χ3v) is 9.26. The molecule has 6 aromatic carbocycles. The van der Waals surface area contributed by atoms with Crippen LogP contribution >= 0.6 is 0 Å². The van der Waals surface area contributed by atoms with E-state index in [1.807, 2.05) is 18.2 Å². The van der Waals surface area contributed by atoms with E-state index in [4.69, 9.17) is 8.83 Å². The van der Waals surface area contributed by atoms with Gasteiger partial charge in [-0.05, 0) is 41.5 Å². The molecule has 0 fully saturated rings. The first-order valence-electron chi connectivity index (χ1n) is 15.3. The van der Waals surface area contributed by atoms with Gasteiger partial charge in [0.25, 0.3) is 0 Å². The smallest absolute Gasteiger partial charge is 0.160 e. The van der Waals surface area contributed by atoms with E-state index in [0.717, 1.165) is 66.2 Å². The second-order valence-corrected chi connectivity index (χ2v) is 11.8. The lowest BCUT2D eigenvalue weighted by Gasteiger charge is -2.34. The third kappa shape index (κ3) is 3.71. The third-order valence-electron chi connectivity index (χ3n) is 9.26. The van der Waals surface area contributed by atoms with Crippen LogP contribution in [0.15, 0.2) is 148 Å². The summed E-state index contributed by atoms with van der Waals surface area (Å²) < 4.78 is 15.1. The van der Waals surface area contributed by atoms with Crippen LogP contribution in [0.5, 0.6) is 0 Å². The molecular formula is C40H27N3O2. The maximum atomic E-state index is 6.56. The highest BCUT2D eigenvalue weighted by molar-refractivity contribution is 6.19. The molecule has 1 aliphatic heterocycles. The van der Waals surface area contributed by atoms with Gasteiger partial charge in [0.15, 0.2) is 6.29 Å². The summed E-state index contributed by atoms with van der Waals surface area (Å²) >= 11 is 0. The van der Waals surface area contributed by atoms with Crippen molar-refractivity contribution in [1.82, 2.24) is 15.2 Å². The van der Waals surface area contributed by atoms with Crippen LogP contribution in [0.4, 0.5) is 0 Å². The number of benzene rings is 6. The van der Waals surface area contributed by atoms with Gasteiger partial charge in [-0.25, -0.2) is 0 Å². The minimum Gasteiger partial charge on any atom is -0.456 e. The van der Waals surface area contributed by atoms with E-state index in [0.29, 0.717) is 0 Å². The summed E-state index contributed by atoms with van der Waals surface area (Å²) in [6.07, 6.45) is 2.07. The highest BCUT2D eigenvalue weighted by atomic mass is 16.3. The standard InChI is InChI=1S/C40H27N3O2/c1-3-11-24(12-4-1)32-21-33(25-13-5-2-6-14-25)42-40(41-32)43-34-17-9-7-15-26(34)28-19-30-31-20-29-27-16-8-10-18-36(27)44-38(29)23-39(31)45-37(30)22-35(28)43/h1-23,32,40-42H. The average molecular weight is 582 g/mol. The van der Waals surface area contributed by atoms with Crippen molar-refractivity contribution in [3.05, 3.63) is 151 Å². The summed E-state index contributed by atoms with van der Waals surface area (Å²) in [5.41, 5.74) is 9.13. The largest absolute Gasteiger partial charge is 0.456 e. The summed E-state index contributed by atoms with van der Waals surface area (Å²) in [7, 11) is 0. The van der Waals surface area contributed by atoms with Crippen molar-refractivity contribution in [3.8, 4) is 0 Å². The average Bonchev–Trinajstić information content (AvgIpc) is 3.75. The molecule has 5 nitrogen and oxygen atoms in total. The molecule has 2 N–H and O–H groups in total. The zero-order valence-corrected chi connectivity index (χ0v) is 24.2. The topological polar surface area (TPSA) is 55.3 Å². The van der Waals surface area contributed by atoms with Crippen molar-refractivity contribution >= 4 is 71.4 Å². The molecule has 45 heavy (non-hydrogen) atoms. The Balaban J connectivity index is 1.20. The van der Waals surface area contributed by atoms with Crippen LogP contribution in [-0.2, 0) is 0 Å². The van der Waals surface area contributed by atoms with Gasteiger partial charge in [0, 0.05) is 50.1 Å². The Morgan fingerprint density at radius 1 is 0.489 bits per heavy atom. The van der Waals surface area contributed by atoms with E-state index in [1.165, 1.54) is 16.3 Å². The van der Waals surface area contributed by atoms with Crippen molar-refractivity contribution in [2.24, 2.45) is 0 Å². The lowest BCUT2D eigenvalue weighted by Crippen LogP contribution is -2.43. The van der Waals surface area contributed by atoms with Gasteiger partial charge in [-0.15, -0.1) is 0 Å². The number of fused-ring (bicyclic) bond motifs is 9. The van der Waals surface area contributed by atoms with Crippen LogP contribution in [0.25, 0.3) is 71.4 Å². The van der Waals surface area contributed by atoms with Gasteiger partial charge in [0.2, 0.25) is 0 Å². The first-order valence-corrected chi connectivity index (χ1v) is 15.3. The Bertz CT molecular complexity index is 2610. The zero-order chi connectivity index (χ0) is 29.5. The molecule has 5 heteroatoms. The molecule has 0 spiro atoms. The van der Waals surface area contributed by atoms with Crippen LogP contribution in [0.2, 0.25) is 0 Å². The normalized spacial score (nSPS) is 17.1. The molecule has 4 heterocycles. The minimum atomic E-state index is -0.214. The molecule has 0 aliphatic carbocycles. The predicted octanol–water partition coefficient (Wildman–Crippen LogP) is 10.0. The molecule has 9 aromatic rings. The number of aromatic nitrogens is 1. The summed E-state index contributed by atoms with van der Waals surface area (Å²) in [6, 6.07) is 46.8. The highest BCUT2D eigenvalue weighted by Crippen LogP contribution is 2.41. The van der Waals surface area contributed by atoms with E-state index in [-0.39, 0.29) is 12.3 Å². The Morgan fingerprint density at radius 2 is 1.11 bits per heavy atom. The van der Waals surface area contributed by atoms with E-state index < -0.39 is 0 Å². The highest BCUT2D eigenvalue weighted by Gasteiger charge is 2.27. The Kier molecular flexibility index (Phi) is 5.12. The van der Waals surface area contributed by atoms with Gasteiger partial charge in [-0.1, -0.05) is 97.1 Å². The lowest BCUT2D eigenvalue weighted by molar-refractivity contribution is 0.350. The molecule has 0 saturated heterocycles. The Hall–Kier alpha value is -5.78. The molecule has 3 aromatic heterocycles. The second kappa shape index (κ2) is 9.36. The van der Waals surface area contributed by atoms with Crippen LogP contribution < -0.4 is 10.6 Å². The van der Waals surface area contributed by atoms with Gasteiger partial charge in [0.05, 0.1) is 17.1 Å². The number of nitrogens with one attached hydrogen (secondary N) is 2. The predicted molar refractivity (Wildman–Crippen MR) is 183 cm³/mol. The minimum absolute atomic E-state index is 0.0177. The van der Waals surface area contributed by atoms with Gasteiger partial charge in [-0.2, -0.15) is 0 Å². The van der Waals surface area contributed by atoms with E-state index in [9.17, 15) is 0 Å². The van der Waals surface area contributed by atoms with Crippen LogP contribution in [0, 0.1) is 0 Å². The van der Waals surface area contributed by atoms with Crippen molar-refractivity contribution in [2.45, 2.75) is 12.3 Å². The quantitative estimate of drug-likeness (QED) is 0.218. The first-order chi connectivity index (χ1) is 22.3. The number of para-hydroxylation sites is 2.